The molecular formula is C20H30BrN3O3. The number of aliphatic imine (C=N–C) groups is 1. The van der Waals surface area contributed by atoms with Crippen molar-refractivity contribution >= 4 is 33.8 Å². The normalized spacial score (nSPS) is 18.2. The summed E-state index contributed by atoms with van der Waals surface area (Å²) < 4.78 is 6.04. The molecule has 6 nitrogen and oxygen atoms in total. The van der Waals surface area contributed by atoms with Gasteiger partial charge in [0.15, 0.2) is 6.10 Å². The molecule has 1 N–H and O–H groups in total. The molecule has 0 saturated carbocycles. The van der Waals surface area contributed by atoms with Crippen LogP contribution in [-0.2, 0) is 9.53 Å². The quantitative estimate of drug-likeness (QED) is 0.558. The Morgan fingerprint density at radius 2 is 1.93 bits per heavy atom. The summed E-state index contributed by atoms with van der Waals surface area (Å²) in [5.74, 6) is -0.646. The minimum Gasteiger partial charge on any atom is -0.461 e. The standard InChI is InChI=1S/C20H30BrN3O3/c1-12(2)27-19(26)18(25)15-13(3)23-14(4)16(21)17(15)24-9-7-20(5,8-10-24)11-22-6/h11-12,18,25H,7-10H2,1-6H3/t18-/m0/s1. The van der Waals surface area contributed by atoms with E-state index in [2.05, 4.69) is 37.7 Å². The Balaban J connectivity index is 2.42. The van der Waals surface area contributed by atoms with Gasteiger partial charge in [0.05, 0.1) is 22.0 Å². The van der Waals surface area contributed by atoms with Gasteiger partial charge in [-0.3, -0.25) is 4.98 Å². The van der Waals surface area contributed by atoms with Gasteiger partial charge in [0.1, 0.15) is 0 Å². The van der Waals surface area contributed by atoms with Gasteiger partial charge in [-0.2, -0.15) is 0 Å². The minimum atomic E-state index is -1.36. The van der Waals surface area contributed by atoms with Crippen molar-refractivity contribution in [1.82, 2.24) is 4.98 Å². The molecule has 0 aliphatic carbocycles. The molecule has 0 spiro atoms. The zero-order valence-corrected chi connectivity index (χ0v) is 18.6. The van der Waals surface area contributed by atoms with E-state index >= 15 is 0 Å². The molecule has 1 aromatic rings. The molecule has 150 valence electrons. The summed E-state index contributed by atoms with van der Waals surface area (Å²) >= 11 is 3.63. The number of aryl methyl sites for hydroxylation is 2. The molecule has 0 unspecified atom stereocenters. The maximum absolute atomic E-state index is 12.4. The maximum atomic E-state index is 12.4. The number of esters is 1. The monoisotopic (exact) mass is 439 g/mol. The number of rotatable bonds is 5. The number of halogens is 1. The lowest BCUT2D eigenvalue weighted by Gasteiger charge is -2.40. The molecule has 1 atom stereocenters. The van der Waals surface area contributed by atoms with Crippen molar-refractivity contribution in [3.63, 3.8) is 0 Å². The van der Waals surface area contributed by atoms with Crippen molar-refractivity contribution in [1.29, 1.82) is 0 Å². The molecule has 0 radical (unpaired) electrons. The smallest absolute Gasteiger partial charge is 0.340 e. The predicted molar refractivity (Wildman–Crippen MR) is 112 cm³/mol. The van der Waals surface area contributed by atoms with Gasteiger partial charge in [-0.15, -0.1) is 0 Å². The lowest BCUT2D eigenvalue weighted by atomic mass is 9.81. The number of nitrogens with zero attached hydrogens (tertiary/aromatic N) is 3. The number of hydrogen-bond acceptors (Lipinski definition) is 6. The number of hydrogen-bond donors (Lipinski definition) is 1. The van der Waals surface area contributed by atoms with Gasteiger partial charge in [0, 0.05) is 43.0 Å². The van der Waals surface area contributed by atoms with E-state index in [9.17, 15) is 9.90 Å². The summed E-state index contributed by atoms with van der Waals surface area (Å²) in [5, 5.41) is 10.7. The first-order valence-electron chi connectivity index (χ1n) is 9.33. The Morgan fingerprint density at radius 3 is 2.44 bits per heavy atom. The van der Waals surface area contributed by atoms with Crippen molar-refractivity contribution in [2.24, 2.45) is 10.4 Å². The summed E-state index contributed by atoms with van der Waals surface area (Å²) in [6.45, 7) is 11.1. The highest BCUT2D eigenvalue weighted by Gasteiger charge is 2.34. The summed E-state index contributed by atoms with van der Waals surface area (Å²) in [6.07, 6.45) is 2.27. The second kappa shape index (κ2) is 8.69. The number of carbonyl (C=O) groups excluding carboxylic acids is 1. The molecule has 0 bridgehead atoms. The first kappa shape index (κ1) is 21.8. The van der Waals surface area contributed by atoms with E-state index in [0.29, 0.717) is 11.3 Å². The fraction of sp³-hybridized carbons (Fsp3) is 0.650. The fourth-order valence-corrected chi connectivity index (χ4v) is 4.11. The third kappa shape index (κ3) is 4.88. The molecule has 1 fully saturated rings. The highest BCUT2D eigenvalue weighted by molar-refractivity contribution is 9.10. The van der Waals surface area contributed by atoms with Gasteiger partial charge in [0.2, 0.25) is 0 Å². The van der Waals surface area contributed by atoms with Crippen LogP contribution >= 0.6 is 15.9 Å². The van der Waals surface area contributed by atoms with Crippen LogP contribution in [0.15, 0.2) is 9.47 Å². The number of aliphatic hydroxyl groups excluding tert-OH is 1. The van der Waals surface area contributed by atoms with Gasteiger partial charge in [-0.25, -0.2) is 4.79 Å². The molecular weight excluding hydrogens is 410 g/mol. The summed E-state index contributed by atoms with van der Waals surface area (Å²) in [4.78, 5) is 23.3. The van der Waals surface area contributed by atoms with E-state index in [0.717, 1.165) is 41.8 Å². The van der Waals surface area contributed by atoms with Crippen LogP contribution in [0.3, 0.4) is 0 Å². The number of aliphatic hydroxyl groups is 1. The van der Waals surface area contributed by atoms with Crippen LogP contribution in [0, 0.1) is 19.3 Å². The van der Waals surface area contributed by atoms with Gasteiger partial charge in [-0.1, -0.05) is 6.92 Å². The Bertz CT molecular complexity index is 726. The molecule has 2 heterocycles. The second-order valence-electron chi connectivity index (χ2n) is 7.78. The number of ether oxygens (including phenoxy) is 1. The Morgan fingerprint density at radius 1 is 1.33 bits per heavy atom. The first-order valence-corrected chi connectivity index (χ1v) is 10.1. The average Bonchev–Trinajstić information content (AvgIpc) is 2.58. The van der Waals surface area contributed by atoms with Gasteiger partial charge in [0.25, 0.3) is 0 Å². The predicted octanol–water partition coefficient (Wildman–Crippen LogP) is 3.75. The maximum Gasteiger partial charge on any atom is 0.340 e. The number of aromatic nitrogens is 1. The molecule has 1 saturated heterocycles. The summed E-state index contributed by atoms with van der Waals surface area (Å²) in [7, 11) is 1.80. The van der Waals surface area contributed by atoms with Gasteiger partial charge >= 0.3 is 5.97 Å². The van der Waals surface area contributed by atoms with E-state index in [1.165, 1.54) is 0 Å². The van der Waals surface area contributed by atoms with Crippen molar-refractivity contribution in [3.8, 4) is 0 Å². The first-order chi connectivity index (χ1) is 12.6. The third-order valence-corrected chi connectivity index (χ3v) is 5.97. The molecule has 0 aromatic carbocycles. The zero-order chi connectivity index (χ0) is 20.4. The Kier molecular flexibility index (Phi) is 7.03. The van der Waals surface area contributed by atoms with Crippen LogP contribution in [0.25, 0.3) is 0 Å². The molecule has 1 aliphatic rings. The highest BCUT2D eigenvalue weighted by Crippen LogP contribution is 2.41. The topological polar surface area (TPSA) is 75.0 Å². The van der Waals surface area contributed by atoms with E-state index in [4.69, 9.17) is 4.74 Å². The summed E-state index contributed by atoms with van der Waals surface area (Å²) in [6, 6.07) is 0. The van der Waals surface area contributed by atoms with Crippen molar-refractivity contribution in [3.05, 3.63) is 21.4 Å². The van der Waals surface area contributed by atoms with E-state index < -0.39 is 12.1 Å². The van der Waals surface area contributed by atoms with Gasteiger partial charge in [-0.05, 0) is 56.5 Å². The lowest BCUT2D eigenvalue weighted by Crippen LogP contribution is -2.40. The van der Waals surface area contributed by atoms with Crippen LogP contribution < -0.4 is 4.90 Å². The van der Waals surface area contributed by atoms with Crippen LogP contribution in [-0.4, -0.2) is 48.5 Å². The highest BCUT2D eigenvalue weighted by atomic mass is 79.9. The van der Waals surface area contributed by atoms with Crippen molar-refractivity contribution in [2.75, 3.05) is 25.0 Å². The van der Waals surface area contributed by atoms with Crippen LogP contribution in [0.2, 0.25) is 0 Å². The number of piperidine rings is 1. The number of anilines is 1. The van der Waals surface area contributed by atoms with Crippen LogP contribution in [0.4, 0.5) is 5.69 Å². The van der Waals surface area contributed by atoms with E-state index in [1.807, 2.05) is 20.1 Å². The fourth-order valence-electron chi connectivity index (χ4n) is 3.55. The largest absolute Gasteiger partial charge is 0.461 e. The second-order valence-corrected chi connectivity index (χ2v) is 8.57. The van der Waals surface area contributed by atoms with E-state index in [-0.39, 0.29) is 11.5 Å². The third-order valence-electron chi connectivity index (χ3n) is 5.02. The van der Waals surface area contributed by atoms with E-state index in [1.54, 1.807) is 20.9 Å². The summed E-state index contributed by atoms with van der Waals surface area (Å²) in [5.41, 5.74) is 2.90. The number of pyridine rings is 1. The molecule has 0 amide bonds. The van der Waals surface area contributed by atoms with Crippen LogP contribution in [0.1, 0.15) is 56.7 Å². The zero-order valence-electron chi connectivity index (χ0n) is 17.0. The lowest BCUT2D eigenvalue weighted by molar-refractivity contribution is -0.157. The molecule has 7 heteroatoms. The SMILES string of the molecule is CN=CC1(C)CCN(c2c(Br)c(C)nc(C)c2[C@H](O)C(=O)OC(C)C)CC1. The minimum absolute atomic E-state index is 0.0736. The molecule has 27 heavy (non-hydrogen) atoms. The Hall–Kier alpha value is -1.47. The molecule has 2 rings (SSSR count). The Labute approximate surface area is 170 Å². The van der Waals surface area contributed by atoms with Crippen molar-refractivity contribution in [2.45, 2.75) is 59.7 Å². The molecule has 1 aromatic heterocycles. The van der Waals surface area contributed by atoms with Crippen molar-refractivity contribution < 1.29 is 14.6 Å². The van der Waals surface area contributed by atoms with Gasteiger partial charge < -0.3 is 19.7 Å². The average molecular weight is 440 g/mol. The number of carbonyl (C=O) groups is 1. The van der Waals surface area contributed by atoms with Crippen LogP contribution in [0.5, 0.6) is 0 Å². The molecule has 1 aliphatic heterocycles.